The predicted molar refractivity (Wildman–Crippen MR) is 91.9 cm³/mol. The summed E-state index contributed by atoms with van der Waals surface area (Å²) in [6.45, 7) is 9.89. The zero-order valence-electron chi connectivity index (χ0n) is 12.8. The van der Waals surface area contributed by atoms with Gasteiger partial charge in [-0.2, -0.15) is 0 Å². The molecule has 0 radical (unpaired) electrons. The standard InChI is InChI=1S/C19H20OS/c1-5-16(6-2)21(17-10-8-7-9-11-17)18-12-14(3)19(20)15(4)13-18/h5-13H,1H2,2-4H3/p+1. The molecule has 2 rings (SSSR count). The van der Waals surface area contributed by atoms with Crippen molar-refractivity contribution in [3.8, 4) is 5.75 Å². The molecule has 0 amide bonds. The lowest BCUT2D eigenvalue weighted by atomic mass is 10.1. The second kappa shape index (κ2) is 6.68. The first kappa shape index (κ1) is 15.5. The lowest BCUT2D eigenvalue weighted by Crippen LogP contribution is -2.06. The van der Waals surface area contributed by atoms with Gasteiger partial charge in [0.2, 0.25) is 0 Å². The normalized spacial score (nSPS) is 13.0. The summed E-state index contributed by atoms with van der Waals surface area (Å²) in [4.78, 5) is 3.67. The predicted octanol–water partition coefficient (Wildman–Crippen LogP) is 5.14. The van der Waals surface area contributed by atoms with Crippen LogP contribution in [-0.2, 0) is 10.9 Å². The molecule has 0 aliphatic rings. The van der Waals surface area contributed by atoms with Gasteiger partial charge in [-0.15, -0.1) is 0 Å². The van der Waals surface area contributed by atoms with E-state index < -0.39 is 0 Å². The van der Waals surface area contributed by atoms with E-state index in [2.05, 4.69) is 49.1 Å². The molecule has 0 aromatic heterocycles. The monoisotopic (exact) mass is 297 g/mol. The van der Waals surface area contributed by atoms with Crippen LogP contribution in [0.15, 0.2) is 75.9 Å². The summed E-state index contributed by atoms with van der Waals surface area (Å²) in [7, 11) is -0.186. The molecule has 0 aliphatic heterocycles. The first-order chi connectivity index (χ1) is 10.1. The van der Waals surface area contributed by atoms with Gasteiger partial charge in [-0.1, -0.05) is 24.8 Å². The Morgan fingerprint density at radius 2 is 1.62 bits per heavy atom. The highest BCUT2D eigenvalue weighted by molar-refractivity contribution is 8.00. The molecule has 0 saturated heterocycles. The molecule has 0 aliphatic carbocycles. The fourth-order valence-corrected chi connectivity index (χ4v) is 4.56. The minimum Gasteiger partial charge on any atom is -0.507 e. The molecule has 2 heteroatoms. The molecular weight excluding hydrogens is 276 g/mol. The van der Waals surface area contributed by atoms with E-state index in [1.807, 2.05) is 32.9 Å². The van der Waals surface area contributed by atoms with E-state index in [1.165, 1.54) is 14.7 Å². The van der Waals surface area contributed by atoms with E-state index >= 15 is 0 Å². The van der Waals surface area contributed by atoms with Crippen LogP contribution in [0.25, 0.3) is 0 Å². The van der Waals surface area contributed by atoms with Crippen molar-refractivity contribution in [2.24, 2.45) is 0 Å². The van der Waals surface area contributed by atoms with Crippen LogP contribution < -0.4 is 0 Å². The van der Waals surface area contributed by atoms with Gasteiger partial charge in [0.25, 0.3) is 0 Å². The molecule has 1 atom stereocenters. The van der Waals surface area contributed by atoms with Gasteiger partial charge >= 0.3 is 0 Å². The second-order valence-electron chi connectivity index (χ2n) is 4.92. The van der Waals surface area contributed by atoms with Gasteiger partial charge in [0.05, 0.1) is 10.9 Å². The lowest BCUT2D eigenvalue weighted by molar-refractivity contribution is 0.466. The topological polar surface area (TPSA) is 20.2 Å². The highest BCUT2D eigenvalue weighted by Gasteiger charge is 2.29. The first-order valence-electron chi connectivity index (χ1n) is 6.96. The SMILES string of the molecule is C=CC(=CC)[S+](c1ccccc1)c1cc(C)c(O)c(C)c1. The molecular formula is C19H21OS+. The van der Waals surface area contributed by atoms with Gasteiger partial charge in [0.1, 0.15) is 5.75 Å². The molecule has 0 spiro atoms. The van der Waals surface area contributed by atoms with Gasteiger partial charge in [-0.25, -0.2) is 0 Å². The van der Waals surface area contributed by atoms with Crippen molar-refractivity contribution in [3.05, 3.63) is 77.2 Å². The molecule has 1 nitrogen and oxygen atoms in total. The van der Waals surface area contributed by atoms with Crippen LogP contribution in [0.5, 0.6) is 5.75 Å². The van der Waals surface area contributed by atoms with Crippen LogP contribution in [0.1, 0.15) is 18.1 Å². The molecule has 0 saturated carbocycles. The van der Waals surface area contributed by atoms with Crippen LogP contribution in [0, 0.1) is 13.8 Å². The van der Waals surface area contributed by atoms with Crippen LogP contribution >= 0.6 is 0 Å². The third-order valence-corrected chi connectivity index (χ3v) is 5.73. The van der Waals surface area contributed by atoms with Crippen LogP contribution in [0.3, 0.4) is 0 Å². The Hall–Kier alpha value is -1.93. The Bertz CT molecular complexity index is 648. The number of phenols is 1. The number of rotatable bonds is 4. The van der Waals surface area contributed by atoms with Crippen LogP contribution in [0.4, 0.5) is 0 Å². The molecule has 0 bridgehead atoms. The molecule has 0 fully saturated rings. The average molecular weight is 297 g/mol. The van der Waals surface area contributed by atoms with Gasteiger partial charge in [0, 0.05) is 12.1 Å². The van der Waals surface area contributed by atoms with Gasteiger partial charge in [-0.3, -0.25) is 0 Å². The maximum Gasteiger partial charge on any atom is 0.167 e. The van der Waals surface area contributed by atoms with Crippen molar-refractivity contribution in [1.82, 2.24) is 0 Å². The Morgan fingerprint density at radius 3 is 2.10 bits per heavy atom. The third-order valence-electron chi connectivity index (χ3n) is 3.40. The van der Waals surface area contributed by atoms with Crippen molar-refractivity contribution in [2.45, 2.75) is 30.6 Å². The minimum atomic E-state index is -0.186. The molecule has 2 aromatic carbocycles. The fraction of sp³-hybridized carbons (Fsp3) is 0.158. The smallest absolute Gasteiger partial charge is 0.167 e. The summed E-state index contributed by atoms with van der Waals surface area (Å²) in [5, 5.41) is 10.0. The molecule has 1 unspecified atom stereocenters. The second-order valence-corrected chi connectivity index (χ2v) is 6.95. The van der Waals surface area contributed by atoms with E-state index in [0.29, 0.717) is 5.75 Å². The number of hydrogen-bond acceptors (Lipinski definition) is 1. The fourth-order valence-electron chi connectivity index (χ4n) is 2.32. The number of allylic oxidation sites excluding steroid dienone is 2. The van der Waals surface area contributed by atoms with Crippen molar-refractivity contribution >= 4 is 10.9 Å². The number of phenolic OH excluding ortho intramolecular Hbond substituents is 1. The Morgan fingerprint density at radius 1 is 1.05 bits per heavy atom. The Labute approximate surface area is 130 Å². The van der Waals surface area contributed by atoms with Crippen molar-refractivity contribution in [2.75, 3.05) is 0 Å². The van der Waals surface area contributed by atoms with Crippen molar-refractivity contribution in [1.29, 1.82) is 0 Å². The highest BCUT2D eigenvalue weighted by Crippen LogP contribution is 2.34. The summed E-state index contributed by atoms with van der Waals surface area (Å²) in [6.07, 6.45) is 4.04. The first-order valence-corrected chi connectivity index (χ1v) is 8.19. The maximum atomic E-state index is 10.0. The average Bonchev–Trinajstić information content (AvgIpc) is 2.50. The lowest BCUT2D eigenvalue weighted by Gasteiger charge is -2.11. The summed E-state index contributed by atoms with van der Waals surface area (Å²) in [5.74, 6) is 0.385. The van der Waals surface area contributed by atoms with Crippen molar-refractivity contribution in [3.63, 3.8) is 0 Å². The molecule has 0 heterocycles. The number of aryl methyl sites for hydroxylation is 2. The summed E-state index contributed by atoms with van der Waals surface area (Å²) in [5.41, 5.74) is 1.83. The zero-order chi connectivity index (χ0) is 15.4. The number of aromatic hydroxyl groups is 1. The number of hydrogen-bond donors (Lipinski definition) is 1. The molecule has 1 N–H and O–H groups in total. The van der Waals surface area contributed by atoms with Gasteiger partial charge < -0.3 is 5.11 Å². The van der Waals surface area contributed by atoms with E-state index in [0.717, 1.165) is 11.1 Å². The molecule has 2 aromatic rings. The van der Waals surface area contributed by atoms with E-state index in [1.54, 1.807) is 0 Å². The third kappa shape index (κ3) is 3.22. The summed E-state index contributed by atoms with van der Waals surface area (Å²) >= 11 is 0. The zero-order valence-corrected chi connectivity index (χ0v) is 13.6. The molecule has 108 valence electrons. The Kier molecular flexibility index (Phi) is 4.92. The van der Waals surface area contributed by atoms with Gasteiger partial charge in [-0.05, 0) is 56.2 Å². The van der Waals surface area contributed by atoms with Crippen LogP contribution in [-0.4, -0.2) is 5.11 Å². The summed E-state index contributed by atoms with van der Waals surface area (Å²) in [6, 6.07) is 14.6. The maximum absolute atomic E-state index is 10.0. The largest absolute Gasteiger partial charge is 0.507 e. The van der Waals surface area contributed by atoms with E-state index in [-0.39, 0.29) is 10.9 Å². The van der Waals surface area contributed by atoms with Crippen molar-refractivity contribution < 1.29 is 5.11 Å². The van der Waals surface area contributed by atoms with Crippen LogP contribution in [0.2, 0.25) is 0 Å². The Balaban J connectivity index is 2.63. The highest BCUT2D eigenvalue weighted by atomic mass is 32.2. The molecule has 21 heavy (non-hydrogen) atoms. The van der Waals surface area contributed by atoms with E-state index in [4.69, 9.17) is 0 Å². The minimum absolute atomic E-state index is 0.186. The van der Waals surface area contributed by atoms with Gasteiger partial charge in [0.15, 0.2) is 14.7 Å². The van der Waals surface area contributed by atoms with E-state index in [9.17, 15) is 5.11 Å². The quantitative estimate of drug-likeness (QED) is 0.612. The number of benzene rings is 2. The summed E-state index contributed by atoms with van der Waals surface area (Å²) < 4.78 is 0.